The minimum Gasteiger partial charge on any atom is -0.545 e. The normalized spacial score (nSPS) is 10.4. The van der Waals surface area contributed by atoms with Crippen LogP contribution in [0.2, 0.25) is 0 Å². The van der Waals surface area contributed by atoms with E-state index < -0.39 is 5.97 Å². The number of carboxylic acid groups (broad SMARTS) is 1. The molecule has 0 bridgehead atoms. The Morgan fingerprint density at radius 1 is 0.952 bits per heavy atom. The molecule has 0 aliphatic carbocycles. The summed E-state index contributed by atoms with van der Waals surface area (Å²) in [6, 6.07) is 13.3. The van der Waals surface area contributed by atoms with E-state index in [0.717, 1.165) is 11.1 Å². The Kier molecular flexibility index (Phi) is 4.38. The van der Waals surface area contributed by atoms with E-state index in [2.05, 4.69) is 0 Å². The topological polar surface area (TPSA) is 66.4 Å². The molecule has 21 heavy (non-hydrogen) atoms. The van der Waals surface area contributed by atoms with Crippen molar-refractivity contribution in [3.05, 3.63) is 59.7 Å². The Labute approximate surface area is 123 Å². The smallest absolute Gasteiger partial charge is 0.338 e. The molecule has 4 nitrogen and oxygen atoms in total. The molecular formula is C17H15O4-. The van der Waals surface area contributed by atoms with E-state index in [4.69, 9.17) is 4.74 Å². The van der Waals surface area contributed by atoms with Gasteiger partial charge in [0.05, 0.1) is 17.6 Å². The van der Waals surface area contributed by atoms with Gasteiger partial charge in [-0.25, -0.2) is 4.79 Å². The second kappa shape index (κ2) is 6.22. The first kappa shape index (κ1) is 14.8. The van der Waals surface area contributed by atoms with E-state index in [1.165, 1.54) is 12.1 Å². The van der Waals surface area contributed by atoms with Crippen molar-refractivity contribution in [3.8, 4) is 11.1 Å². The fourth-order valence-corrected chi connectivity index (χ4v) is 1.91. The largest absolute Gasteiger partial charge is 0.545 e. The number of carbonyl (C=O) groups is 2. The van der Waals surface area contributed by atoms with E-state index in [1.54, 1.807) is 44.2 Å². The third-order valence-electron chi connectivity index (χ3n) is 2.89. The predicted molar refractivity (Wildman–Crippen MR) is 76.8 cm³/mol. The molecule has 108 valence electrons. The number of carbonyl (C=O) groups excluding carboxylic acids is 2. The zero-order valence-corrected chi connectivity index (χ0v) is 11.8. The fraction of sp³-hybridized carbons (Fsp3) is 0.176. The zero-order chi connectivity index (χ0) is 15.4. The minimum atomic E-state index is -1.21. The molecule has 2 aromatic carbocycles. The third kappa shape index (κ3) is 3.69. The Balaban J connectivity index is 2.28. The van der Waals surface area contributed by atoms with Crippen LogP contribution in [0.3, 0.4) is 0 Å². The molecule has 0 saturated heterocycles. The van der Waals surface area contributed by atoms with Gasteiger partial charge in [-0.15, -0.1) is 0 Å². The molecule has 0 N–H and O–H groups in total. The lowest BCUT2D eigenvalue weighted by Gasteiger charge is -2.09. The Hall–Kier alpha value is -2.62. The highest BCUT2D eigenvalue weighted by Crippen LogP contribution is 2.21. The fourth-order valence-electron chi connectivity index (χ4n) is 1.91. The standard InChI is InChI=1S/C17H16O4/c1-11(2)21-17(20)15-5-3-4-14(10-15)12-6-8-13(9-7-12)16(18)19/h3-11H,1-2H3,(H,18,19)/p-1. The van der Waals surface area contributed by atoms with Gasteiger partial charge in [0.25, 0.3) is 0 Å². The molecule has 0 unspecified atom stereocenters. The van der Waals surface area contributed by atoms with Crippen LogP contribution in [-0.4, -0.2) is 18.0 Å². The van der Waals surface area contributed by atoms with Gasteiger partial charge in [0.2, 0.25) is 0 Å². The van der Waals surface area contributed by atoms with Gasteiger partial charge < -0.3 is 14.6 Å². The van der Waals surface area contributed by atoms with Crippen LogP contribution in [-0.2, 0) is 4.74 Å². The molecule has 0 aromatic heterocycles. The lowest BCUT2D eigenvalue weighted by atomic mass is 10.0. The lowest BCUT2D eigenvalue weighted by Crippen LogP contribution is -2.21. The summed E-state index contributed by atoms with van der Waals surface area (Å²) in [6.45, 7) is 3.58. The molecule has 4 heteroatoms. The Bertz CT molecular complexity index is 657. The van der Waals surface area contributed by atoms with Gasteiger partial charge in [-0.3, -0.25) is 0 Å². The van der Waals surface area contributed by atoms with Crippen molar-refractivity contribution in [2.24, 2.45) is 0 Å². The van der Waals surface area contributed by atoms with Gasteiger partial charge in [0.1, 0.15) is 0 Å². The maximum Gasteiger partial charge on any atom is 0.338 e. The number of carboxylic acids is 1. The maximum atomic E-state index is 11.9. The first-order chi connectivity index (χ1) is 9.97. The van der Waals surface area contributed by atoms with Crippen molar-refractivity contribution < 1.29 is 19.4 Å². The maximum absolute atomic E-state index is 11.9. The van der Waals surface area contributed by atoms with E-state index >= 15 is 0 Å². The predicted octanol–water partition coefficient (Wildman–Crippen LogP) is 2.28. The second-order valence-electron chi connectivity index (χ2n) is 4.90. The van der Waals surface area contributed by atoms with E-state index in [-0.39, 0.29) is 17.6 Å². The lowest BCUT2D eigenvalue weighted by molar-refractivity contribution is -0.255. The molecule has 0 atom stereocenters. The third-order valence-corrected chi connectivity index (χ3v) is 2.89. The Morgan fingerprint density at radius 3 is 2.19 bits per heavy atom. The van der Waals surface area contributed by atoms with Crippen molar-refractivity contribution in [1.82, 2.24) is 0 Å². The number of rotatable bonds is 4. The van der Waals surface area contributed by atoms with Crippen molar-refractivity contribution in [2.45, 2.75) is 20.0 Å². The van der Waals surface area contributed by atoms with Gasteiger partial charge in [0.15, 0.2) is 0 Å². The van der Waals surface area contributed by atoms with Crippen LogP contribution in [0.5, 0.6) is 0 Å². The van der Waals surface area contributed by atoms with Crippen molar-refractivity contribution >= 4 is 11.9 Å². The van der Waals surface area contributed by atoms with Crippen molar-refractivity contribution in [2.75, 3.05) is 0 Å². The quantitative estimate of drug-likeness (QED) is 0.807. The number of esters is 1. The summed E-state index contributed by atoms with van der Waals surface area (Å²) in [5.74, 6) is -1.59. The SMILES string of the molecule is CC(C)OC(=O)c1cccc(-c2ccc(C(=O)[O-])cc2)c1. The van der Waals surface area contributed by atoms with Gasteiger partial charge in [-0.2, -0.15) is 0 Å². The molecule has 0 radical (unpaired) electrons. The summed E-state index contributed by atoms with van der Waals surface area (Å²) in [7, 11) is 0. The molecule has 2 rings (SSSR count). The van der Waals surface area contributed by atoms with Crippen LogP contribution in [0.1, 0.15) is 34.6 Å². The van der Waals surface area contributed by atoms with E-state index in [9.17, 15) is 14.7 Å². The van der Waals surface area contributed by atoms with Crippen LogP contribution < -0.4 is 5.11 Å². The molecule has 0 aliphatic rings. The first-order valence-corrected chi connectivity index (χ1v) is 6.60. The van der Waals surface area contributed by atoms with Crippen LogP contribution in [0.15, 0.2) is 48.5 Å². The minimum absolute atomic E-state index is 0.120. The van der Waals surface area contributed by atoms with Gasteiger partial charge in [0, 0.05) is 0 Å². The van der Waals surface area contributed by atoms with Crippen LogP contribution in [0, 0.1) is 0 Å². The van der Waals surface area contributed by atoms with Gasteiger partial charge >= 0.3 is 5.97 Å². The second-order valence-corrected chi connectivity index (χ2v) is 4.90. The summed E-state index contributed by atoms with van der Waals surface area (Å²) >= 11 is 0. The molecule has 0 spiro atoms. The number of hydrogen-bond donors (Lipinski definition) is 0. The van der Waals surface area contributed by atoms with Crippen molar-refractivity contribution in [1.29, 1.82) is 0 Å². The molecule has 0 heterocycles. The molecule has 0 amide bonds. The Morgan fingerprint density at radius 2 is 1.62 bits per heavy atom. The van der Waals surface area contributed by atoms with E-state index in [1.807, 2.05) is 6.07 Å². The number of aromatic carboxylic acids is 1. The first-order valence-electron chi connectivity index (χ1n) is 6.60. The average molecular weight is 283 g/mol. The van der Waals surface area contributed by atoms with E-state index in [0.29, 0.717) is 5.56 Å². The highest BCUT2D eigenvalue weighted by Gasteiger charge is 2.10. The summed E-state index contributed by atoms with van der Waals surface area (Å²) in [5, 5.41) is 10.7. The zero-order valence-electron chi connectivity index (χ0n) is 11.8. The van der Waals surface area contributed by atoms with Crippen LogP contribution >= 0.6 is 0 Å². The van der Waals surface area contributed by atoms with Crippen molar-refractivity contribution in [3.63, 3.8) is 0 Å². The monoisotopic (exact) mass is 283 g/mol. The molecular weight excluding hydrogens is 268 g/mol. The summed E-state index contributed by atoms with van der Waals surface area (Å²) in [4.78, 5) is 22.6. The van der Waals surface area contributed by atoms with Gasteiger partial charge in [-0.05, 0) is 42.7 Å². The average Bonchev–Trinajstić information content (AvgIpc) is 2.47. The molecule has 0 saturated carbocycles. The number of ether oxygens (including phenoxy) is 1. The van der Waals surface area contributed by atoms with Gasteiger partial charge in [-0.1, -0.05) is 36.4 Å². The highest BCUT2D eigenvalue weighted by molar-refractivity contribution is 5.91. The van der Waals surface area contributed by atoms with Crippen LogP contribution in [0.25, 0.3) is 11.1 Å². The summed E-state index contributed by atoms with van der Waals surface area (Å²) in [6.07, 6.45) is -0.177. The molecule has 0 fully saturated rings. The highest BCUT2D eigenvalue weighted by atomic mass is 16.5. The summed E-state index contributed by atoms with van der Waals surface area (Å²) < 4.78 is 5.15. The summed E-state index contributed by atoms with van der Waals surface area (Å²) in [5.41, 5.74) is 2.22. The number of hydrogen-bond acceptors (Lipinski definition) is 4. The molecule has 2 aromatic rings. The number of benzene rings is 2. The molecule has 0 aliphatic heterocycles. The van der Waals surface area contributed by atoms with Crippen LogP contribution in [0.4, 0.5) is 0 Å².